The predicted octanol–water partition coefficient (Wildman–Crippen LogP) is 3.52. The number of carbonyl (C=O) groups is 1. The van der Waals surface area contributed by atoms with Crippen molar-refractivity contribution >= 4 is 16.8 Å². The van der Waals surface area contributed by atoms with E-state index >= 15 is 0 Å². The summed E-state index contributed by atoms with van der Waals surface area (Å²) in [6, 6.07) is 3.04. The first kappa shape index (κ1) is 27.8. The molecule has 0 aliphatic carbocycles. The molecule has 34 heavy (non-hydrogen) atoms. The van der Waals surface area contributed by atoms with Gasteiger partial charge in [0.2, 0.25) is 0 Å². The molecule has 0 spiro atoms. The topological polar surface area (TPSA) is 114 Å². The fourth-order valence-electron chi connectivity index (χ4n) is 3.57. The van der Waals surface area contributed by atoms with Gasteiger partial charge in [-0.2, -0.15) is 0 Å². The van der Waals surface area contributed by atoms with E-state index in [0.717, 1.165) is 0 Å². The molecule has 0 bridgehead atoms. The Bertz CT molecular complexity index is 982. The van der Waals surface area contributed by atoms with Crippen LogP contribution in [0.1, 0.15) is 51.4 Å². The standard InChI is InChI=1S/C25H36O9/c1-6-30-14-32-16(3)10-19(27)12-18(26)8-9-20-22(29-5)13-23-24(21(28)11-17(4)34-23)25(20)33-15-31-7-2/h11,13,16,18,26H,6-10,12,14-15H2,1-5H3. The molecule has 190 valence electrons. The summed E-state index contributed by atoms with van der Waals surface area (Å²) in [4.78, 5) is 25.1. The lowest BCUT2D eigenvalue weighted by Crippen LogP contribution is -2.20. The Balaban J connectivity index is 2.17. The van der Waals surface area contributed by atoms with E-state index in [1.165, 1.54) is 13.2 Å². The SMILES string of the molecule is CCOCOc1c(CCC(O)CC(=O)CC(C)OCOCC)c(OC)cc2oc(C)cc(=O)c12. The van der Waals surface area contributed by atoms with Gasteiger partial charge in [0.1, 0.15) is 40.8 Å². The number of fused-ring (bicyclic) bond motifs is 1. The van der Waals surface area contributed by atoms with Crippen molar-refractivity contribution in [3.8, 4) is 11.5 Å². The van der Waals surface area contributed by atoms with Crippen molar-refractivity contribution in [3.63, 3.8) is 0 Å². The molecule has 1 N–H and O–H groups in total. The number of Topliss-reactive ketones (excluding diaryl/α,β-unsaturated/α-hetero) is 1. The summed E-state index contributed by atoms with van der Waals surface area (Å²) in [6.45, 7) is 8.24. The fourth-order valence-corrected chi connectivity index (χ4v) is 3.57. The highest BCUT2D eigenvalue weighted by Gasteiger charge is 2.22. The molecule has 0 radical (unpaired) electrons. The summed E-state index contributed by atoms with van der Waals surface area (Å²) in [6.07, 6.45) is -0.404. The molecule has 2 aromatic rings. The lowest BCUT2D eigenvalue weighted by molar-refractivity contribution is -0.127. The Morgan fingerprint density at radius 2 is 1.82 bits per heavy atom. The number of hydrogen-bond donors (Lipinski definition) is 1. The van der Waals surface area contributed by atoms with E-state index in [1.54, 1.807) is 19.9 Å². The normalized spacial score (nSPS) is 13.1. The van der Waals surface area contributed by atoms with Crippen LogP contribution in [0.25, 0.3) is 11.0 Å². The molecule has 0 aliphatic rings. The van der Waals surface area contributed by atoms with E-state index in [4.69, 9.17) is 28.1 Å². The monoisotopic (exact) mass is 480 g/mol. The van der Waals surface area contributed by atoms with Crippen molar-refractivity contribution in [2.45, 2.75) is 65.6 Å². The molecule has 0 amide bonds. The van der Waals surface area contributed by atoms with Crippen LogP contribution < -0.4 is 14.9 Å². The molecule has 9 heteroatoms. The number of ketones is 1. The third-order valence-electron chi connectivity index (χ3n) is 5.22. The molecular weight excluding hydrogens is 444 g/mol. The molecule has 0 saturated heterocycles. The van der Waals surface area contributed by atoms with E-state index in [2.05, 4.69) is 0 Å². The van der Waals surface area contributed by atoms with Crippen LogP contribution in [0.3, 0.4) is 0 Å². The quantitative estimate of drug-likeness (QED) is 0.285. The van der Waals surface area contributed by atoms with E-state index in [9.17, 15) is 14.7 Å². The highest BCUT2D eigenvalue weighted by molar-refractivity contribution is 5.87. The number of methoxy groups -OCH3 is 1. The summed E-state index contributed by atoms with van der Waals surface area (Å²) in [5.41, 5.74) is 0.700. The minimum absolute atomic E-state index is 0.00526. The largest absolute Gasteiger partial charge is 0.496 e. The summed E-state index contributed by atoms with van der Waals surface area (Å²) < 4.78 is 32.9. The molecule has 0 fully saturated rings. The zero-order chi connectivity index (χ0) is 25.1. The minimum Gasteiger partial charge on any atom is -0.496 e. The highest BCUT2D eigenvalue weighted by Crippen LogP contribution is 2.37. The molecule has 1 heterocycles. The molecule has 2 unspecified atom stereocenters. The number of aryl methyl sites for hydroxylation is 1. The van der Waals surface area contributed by atoms with Crippen molar-refractivity contribution in [1.29, 1.82) is 0 Å². The summed E-state index contributed by atoms with van der Waals surface area (Å²) in [7, 11) is 1.51. The van der Waals surface area contributed by atoms with Gasteiger partial charge in [-0.05, 0) is 40.5 Å². The number of benzene rings is 1. The van der Waals surface area contributed by atoms with Crippen LogP contribution >= 0.6 is 0 Å². The fraction of sp³-hybridized carbons (Fsp3) is 0.600. The van der Waals surface area contributed by atoms with Crippen molar-refractivity contribution in [3.05, 3.63) is 33.7 Å². The van der Waals surface area contributed by atoms with E-state index in [-0.39, 0.29) is 55.6 Å². The number of ether oxygens (including phenoxy) is 5. The predicted molar refractivity (Wildman–Crippen MR) is 127 cm³/mol. The highest BCUT2D eigenvalue weighted by atomic mass is 16.7. The molecule has 2 rings (SSSR count). The van der Waals surface area contributed by atoms with Crippen LogP contribution in [0.4, 0.5) is 0 Å². The van der Waals surface area contributed by atoms with E-state index < -0.39 is 6.10 Å². The third kappa shape index (κ3) is 8.09. The molecule has 9 nitrogen and oxygen atoms in total. The average molecular weight is 481 g/mol. The number of aliphatic hydroxyl groups is 1. The third-order valence-corrected chi connectivity index (χ3v) is 5.22. The first-order valence-electron chi connectivity index (χ1n) is 11.5. The Morgan fingerprint density at radius 1 is 1.12 bits per heavy atom. The Labute approximate surface area is 199 Å². The van der Waals surface area contributed by atoms with Gasteiger partial charge in [-0.3, -0.25) is 9.59 Å². The number of hydrogen-bond acceptors (Lipinski definition) is 9. The average Bonchev–Trinajstić information content (AvgIpc) is 2.77. The van der Waals surface area contributed by atoms with Crippen molar-refractivity contribution in [1.82, 2.24) is 0 Å². The van der Waals surface area contributed by atoms with Crippen LogP contribution in [0.2, 0.25) is 0 Å². The number of carbonyl (C=O) groups excluding carboxylic acids is 1. The van der Waals surface area contributed by atoms with Gasteiger partial charge in [-0.25, -0.2) is 0 Å². The summed E-state index contributed by atoms with van der Waals surface area (Å²) in [5.74, 6) is 1.12. The maximum Gasteiger partial charge on any atom is 0.196 e. The maximum absolute atomic E-state index is 12.7. The first-order valence-corrected chi connectivity index (χ1v) is 11.5. The van der Waals surface area contributed by atoms with Gasteiger partial charge in [-0.15, -0.1) is 0 Å². The molecule has 0 aliphatic heterocycles. The van der Waals surface area contributed by atoms with Crippen LogP contribution in [-0.2, 0) is 25.4 Å². The smallest absolute Gasteiger partial charge is 0.196 e. The summed E-state index contributed by atoms with van der Waals surface area (Å²) >= 11 is 0. The second kappa shape index (κ2) is 14.1. The van der Waals surface area contributed by atoms with Crippen LogP contribution in [0.5, 0.6) is 11.5 Å². The molecule has 2 atom stereocenters. The van der Waals surface area contributed by atoms with Gasteiger partial charge < -0.3 is 33.2 Å². The molecule has 0 saturated carbocycles. The Hall–Kier alpha value is -2.46. The maximum atomic E-state index is 12.7. The molecular formula is C25H36O9. The number of rotatable bonds is 16. The van der Waals surface area contributed by atoms with Gasteiger partial charge in [0, 0.05) is 43.8 Å². The van der Waals surface area contributed by atoms with E-state index in [0.29, 0.717) is 48.0 Å². The summed E-state index contributed by atoms with van der Waals surface area (Å²) in [5, 5.41) is 10.8. The van der Waals surface area contributed by atoms with E-state index in [1.807, 2.05) is 13.8 Å². The molecule has 1 aromatic carbocycles. The van der Waals surface area contributed by atoms with Crippen molar-refractivity contribution < 1.29 is 38.0 Å². The van der Waals surface area contributed by atoms with Crippen LogP contribution in [0.15, 0.2) is 21.3 Å². The Morgan fingerprint density at radius 3 is 2.50 bits per heavy atom. The lowest BCUT2D eigenvalue weighted by atomic mass is 9.98. The lowest BCUT2D eigenvalue weighted by Gasteiger charge is -2.18. The first-order chi connectivity index (χ1) is 16.3. The van der Waals surface area contributed by atoms with Crippen molar-refractivity contribution in [2.75, 3.05) is 33.9 Å². The van der Waals surface area contributed by atoms with Gasteiger partial charge >= 0.3 is 0 Å². The molecule has 1 aromatic heterocycles. The van der Waals surface area contributed by atoms with Crippen LogP contribution in [0, 0.1) is 6.92 Å². The van der Waals surface area contributed by atoms with Crippen molar-refractivity contribution in [2.24, 2.45) is 0 Å². The van der Waals surface area contributed by atoms with Gasteiger partial charge in [0.05, 0.1) is 19.3 Å². The van der Waals surface area contributed by atoms with Crippen LogP contribution in [-0.4, -0.2) is 57.0 Å². The van der Waals surface area contributed by atoms with Gasteiger partial charge in [0.15, 0.2) is 12.2 Å². The minimum atomic E-state index is -0.874. The van der Waals surface area contributed by atoms with Gasteiger partial charge in [0.25, 0.3) is 0 Å². The zero-order valence-corrected chi connectivity index (χ0v) is 20.7. The second-order valence-electron chi connectivity index (χ2n) is 7.96. The number of aliphatic hydroxyl groups excluding tert-OH is 1. The van der Waals surface area contributed by atoms with Gasteiger partial charge in [-0.1, -0.05) is 0 Å². The zero-order valence-electron chi connectivity index (χ0n) is 20.7. The second-order valence-corrected chi connectivity index (χ2v) is 7.96. The Kier molecular flexibility index (Phi) is 11.5.